The van der Waals surface area contributed by atoms with Gasteiger partial charge in [-0.1, -0.05) is 84.9 Å². The van der Waals surface area contributed by atoms with Crippen LogP contribution < -0.4 is 4.74 Å². The monoisotopic (exact) mass is 378 g/mol. The highest BCUT2D eigenvalue weighted by Crippen LogP contribution is 2.28. The van der Waals surface area contributed by atoms with Crippen LogP contribution in [-0.2, 0) is 6.61 Å². The maximum absolute atomic E-state index is 13.3. The summed E-state index contributed by atoms with van der Waals surface area (Å²) >= 11 is 0. The molecule has 0 bridgehead atoms. The average Bonchev–Trinajstić information content (AvgIpc) is 3.17. The second-order valence-corrected chi connectivity index (χ2v) is 6.83. The van der Waals surface area contributed by atoms with E-state index in [9.17, 15) is 4.79 Å². The number of nitrogens with zero attached hydrogens (tertiary/aromatic N) is 2. The number of rotatable bonds is 5. The largest absolute Gasteiger partial charge is 0.471 e. The SMILES string of the molecule is O=C(c1ccccc1)c1c(OCc2ccccc2)nc2c3ccccc3ccn12. The van der Waals surface area contributed by atoms with Crippen molar-refractivity contribution in [1.29, 1.82) is 0 Å². The average molecular weight is 378 g/mol. The lowest BCUT2D eigenvalue weighted by atomic mass is 10.1. The Morgan fingerprint density at radius 2 is 1.52 bits per heavy atom. The van der Waals surface area contributed by atoms with Crippen molar-refractivity contribution in [3.63, 3.8) is 0 Å². The van der Waals surface area contributed by atoms with Gasteiger partial charge >= 0.3 is 0 Å². The molecule has 0 amide bonds. The Bertz CT molecular complexity index is 1310. The molecule has 5 rings (SSSR count). The van der Waals surface area contributed by atoms with Crippen LogP contribution in [-0.4, -0.2) is 15.2 Å². The van der Waals surface area contributed by atoms with Crippen molar-refractivity contribution in [3.05, 3.63) is 114 Å². The second kappa shape index (κ2) is 7.24. The molecule has 0 saturated heterocycles. The highest BCUT2D eigenvalue weighted by atomic mass is 16.5. The zero-order chi connectivity index (χ0) is 19.6. The van der Waals surface area contributed by atoms with Crippen LogP contribution in [0.1, 0.15) is 21.6 Å². The highest BCUT2D eigenvalue weighted by Gasteiger charge is 2.23. The minimum atomic E-state index is -0.114. The summed E-state index contributed by atoms with van der Waals surface area (Å²) in [5.41, 5.74) is 2.78. The molecular weight excluding hydrogens is 360 g/mol. The molecule has 2 heterocycles. The topological polar surface area (TPSA) is 43.6 Å². The van der Waals surface area contributed by atoms with E-state index in [4.69, 9.17) is 9.72 Å². The van der Waals surface area contributed by atoms with Crippen molar-refractivity contribution in [2.45, 2.75) is 6.61 Å². The zero-order valence-electron chi connectivity index (χ0n) is 15.7. The second-order valence-electron chi connectivity index (χ2n) is 6.83. The molecule has 0 aliphatic carbocycles. The van der Waals surface area contributed by atoms with Crippen molar-refractivity contribution < 1.29 is 9.53 Å². The summed E-state index contributed by atoms with van der Waals surface area (Å²) in [6.07, 6.45) is 1.89. The Hall–Kier alpha value is -3.92. The van der Waals surface area contributed by atoms with Crippen LogP contribution in [0, 0.1) is 0 Å². The van der Waals surface area contributed by atoms with Crippen LogP contribution in [0.4, 0.5) is 0 Å². The lowest BCUT2D eigenvalue weighted by Gasteiger charge is -2.07. The van der Waals surface area contributed by atoms with Gasteiger partial charge < -0.3 is 4.74 Å². The summed E-state index contributed by atoms with van der Waals surface area (Å²) in [7, 11) is 0. The predicted molar refractivity (Wildman–Crippen MR) is 113 cm³/mol. The fourth-order valence-electron chi connectivity index (χ4n) is 3.51. The van der Waals surface area contributed by atoms with Gasteiger partial charge in [0.1, 0.15) is 12.3 Å². The molecule has 2 aromatic heterocycles. The van der Waals surface area contributed by atoms with Crippen LogP contribution in [0.2, 0.25) is 0 Å². The van der Waals surface area contributed by atoms with Crippen LogP contribution in [0.15, 0.2) is 97.2 Å². The standard InChI is InChI=1S/C25H18N2O2/c28-23(20-12-5-2-6-13-20)22-25(29-17-18-9-3-1-4-10-18)26-24-21-14-8-7-11-19(21)15-16-27(22)24/h1-16H,17H2. The quantitative estimate of drug-likeness (QED) is 0.390. The lowest BCUT2D eigenvalue weighted by molar-refractivity contribution is 0.102. The predicted octanol–water partition coefficient (Wildman–Crippen LogP) is 5.30. The molecule has 4 nitrogen and oxygen atoms in total. The summed E-state index contributed by atoms with van der Waals surface area (Å²) in [6.45, 7) is 0.345. The molecule has 29 heavy (non-hydrogen) atoms. The van der Waals surface area contributed by atoms with E-state index in [-0.39, 0.29) is 5.78 Å². The number of hydrogen-bond donors (Lipinski definition) is 0. The lowest BCUT2D eigenvalue weighted by Crippen LogP contribution is -2.08. The molecule has 0 N–H and O–H groups in total. The Kier molecular flexibility index (Phi) is 4.30. The van der Waals surface area contributed by atoms with E-state index >= 15 is 0 Å². The Balaban J connectivity index is 1.67. The van der Waals surface area contributed by atoms with Crippen LogP contribution in [0.3, 0.4) is 0 Å². The molecule has 0 unspecified atom stereocenters. The molecule has 0 atom stereocenters. The number of carbonyl (C=O) groups excluding carboxylic acids is 1. The van der Waals surface area contributed by atoms with Gasteiger partial charge in [0, 0.05) is 17.1 Å². The van der Waals surface area contributed by atoms with Gasteiger partial charge in [-0.2, -0.15) is 4.98 Å². The zero-order valence-corrected chi connectivity index (χ0v) is 15.7. The van der Waals surface area contributed by atoms with E-state index in [0.717, 1.165) is 16.3 Å². The first-order chi connectivity index (χ1) is 14.3. The third-order valence-electron chi connectivity index (χ3n) is 4.95. The van der Waals surface area contributed by atoms with Gasteiger partial charge in [0.15, 0.2) is 5.69 Å². The van der Waals surface area contributed by atoms with Gasteiger partial charge in [0.2, 0.25) is 11.7 Å². The van der Waals surface area contributed by atoms with Gasteiger partial charge in [0.05, 0.1) is 0 Å². The fourth-order valence-corrected chi connectivity index (χ4v) is 3.51. The summed E-state index contributed by atoms with van der Waals surface area (Å²) in [4.78, 5) is 18.1. The van der Waals surface area contributed by atoms with Crippen LogP contribution in [0.5, 0.6) is 5.88 Å². The summed E-state index contributed by atoms with van der Waals surface area (Å²) in [5.74, 6) is 0.232. The molecule has 0 spiro atoms. The first-order valence-electron chi connectivity index (χ1n) is 9.47. The number of hydrogen-bond acceptors (Lipinski definition) is 3. The van der Waals surface area contributed by atoms with Crippen molar-refractivity contribution in [1.82, 2.24) is 9.38 Å². The van der Waals surface area contributed by atoms with Crippen molar-refractivity contribution in [2.24, 2.45) is 0 Å². The molecule has 140 valence electrons. The Morgan fingerprint density at radius 1 is 0.828 bits per heavy atom. The van der Waals surface area contributed by atoms with Crippen LogP contribution >= 0.6 is 0 Å². The van der Waals surface area contributed by atoms with Crippen molar-refractivity contribution in [2.75, 3.05) is 0 Å². The first-order valence-corrected chi connectivity index (χ1v) is 9.47. The number of ether oxygens (including phenoxy) is 1. The minimum absolute atomic E-state index is 0.114. The fraction of sp³-hybridized carbons (Fsp3) is 0.0400. The normalized spacial score (nSPS) is 11.0. The maximum Gasteiger partial charge on any atom is 0.244 e. The summed E-state index contributed by atoms with van der Waals surface area (Å²) in [6, 6.07) is 29.1. The number of benzene rings is 3. The number of fused-ring (bicyclic) bond motifs is 3. The molecular formula is C25H18N2O2. The first kappa shape index (κ1) is 17.2. The van der Waals surface area contributed by atoms with E-state index in [0.29, 0.717) is 29.4 Å². The number of ketones is 1. The minimum Gasteiger partial charge on any atom is -0.471 e. The third kappa shape index (κ3) is 3.15. The number of aromatic nitrogens is 2. The Morgan fingerprint density at radius 3 is 2.31 bits per heavy atom. The molecule has 0 aliphatic heterocycles. The molecule has 4 heteroatoms. The molecule has 0 radical (unpaired) electrons. The van der Waals surface area contributed by atoms with Crippen molar-refractivity contribution >= 4 is 22.2 Å². The summed E-state index contributed by atoms with van der Waals surface area (Å²) < 4.78 is 7.88. The number of pyridine rings is 1. The van der Waals surface area contributed by atoms with E-state index in [1.165, 1.54) is 0 Å². The smallest absolute Gasteiger partial charge is 0.244 e. The molecule has 0 fully saturated rings. The number of imidazole rings is 1. The summed E-state index contributed by atoms with van der Waals surface area (Å²) in [5, 5.41) is 2.05. The third-order valence-corrected chi connectivity index (χ3v) is 4.95. The van der Waals surface area contributed by atoms with E-state index in [2.05, 4.69) is 0 Å². The van der Waals surface area contributed by atoms with Gasteiger partial charge in [0.25, 0.3) is 0 Å². The van der Waals surface area contributed by atoms with Gasteiger partial charge in [-0.15, -0.1) is 0 Å². The van der Waals surface area contributed by atoms with Gasteiger partial charge in [-0.25, -0.2) is 0 Å². The highest BCUT2D eigenvalue weighted by molar-refractivity contribution is 6.10. The van der Waals surface area contributed by atoms with Crippen molar-refractivity contribution in [3.8, 4) is 5.88 Å². The Labute approximate surface area is 168 Å². The van der Waals surface area contributed by atoms with E-state index in [1.807, 2.05) is 102 Å². The van der Waals surface area contributed by atoms with Crippen LogP contribution in [0.25, 0.3) is 16.4 Å². The molecule has 3 aromatic carbocycles. The van der Waals surface area contributed by atoms with Gasteiger partial charge in [-0.05, 0) is 17.0 Å². The van der Waals surface area contributed by atoms with E-state index < -0.39 is 0 Å². The molecule has 5 aromatic rings. The molecule has 0 saturated carbocycles. The van der Waals surface area contributed by atoms with E-state index in [1.54, 1.807) is 0 Å². The maximum atomic E-state index is 13.3. The molecule has 0 aliphatic rings. The van der Waals surface area contributed by atoms with Gasteiger partial charge in [-0.3, -0.25) is 9.20 Å². The number of carbonyl (C=O) groups is 1.